The molecule has 0 fully saturated rings. The van der Waals surface area contributed by atoms with Crippen molar-refractivity contribution in [2.75, 3.05) is 0 Å². The van der Waals surface area contributed by atoms with Crippen molar-refractivity contribution in [3.63, 3.8) is 0 Å². The molecule has 2 heterocycles. The van der Waals surface area contributed by atoms with Gasteiger partial charge in [-0.05, 0) is 31.0 Å². The zero-order valence-corrected chi connectivity index (χ0v) is 11.6. The quantitative estimate of drug-likeness (QED) is 0.696. The number of thiazole rings is 1. The summed E-state index contributed by atoms with van der Waals surface area (Å²) in [7, 11) is 0. The zero-order valence-electron chi connectivity index (χ0n) is 10.8. The second kappa shape index (κ2) is 5.13. The number of hydrogen-bond acceptors (Lipinski definition) is 2. The Labute approximate surface area is 115 Å². The van der Waals surface area contributed by atoms with Gasteiger partial charge in [0.05, 0.1) is 22.8 Å². The Morgan fingerprint density at radius 1 is 1.32 bits per heavy atom. The third-order valence-corrected chi connectivity index (χ3v) is 4.11. The van der Waals surface area contributed by atoms with Gasteiger partial charge in [-0.1, -0.05) is 13.0 Å². The van der Waals surface area contributed by atoms with Crippen LogP contribution in [0.2, 0.25) is 0 Å². The number of aryl methyl sites for hydroxylation is 1. The van der Waals surface area contributed by atoms with Crippen molar-refractivity contribution in [3.8, 4) is 0 Å². The number of benzene rings is 1. The summed E-state index contributed by atoms with van der Waals surface area (Å²) in [5, 5.41) is 3.95. The van der Waals surface area contributed by atoms with E-state index in [0.717, 1.165) is 24.1 Å². The van der Waals surface area contributed by atoms with Gasteiger partial charge < -0.3 is 4.57 Å². The van der Waals surface area contributed by atoms with Gasteiger partial charge in [-0.3, -0.25) is 0 Å². The number of hydrogen-bond donors (Lipinski definition) is 0. The van der Waals surface area contributed by atoms with Crippen LogP contribution in [-0.2, 0) is 13.0 Å². The molecule has 0 aliphatic rings. The summed E-state index contributed by atoms with van der Waals surface area (Å²) in [6.45, 7) is 2.86. The van der Waals surface area contributed by atoms with Crippen LogP contribution >= 0.6 is 11.3 Å². The fraction of sp³-hybridized carbons (Fsp3) is 0.267. The lowest BCUT2D eigenvalue weighted by Gasteiger charge is -2.03. The third-order valence-electron chi connectivity index (χ3n) is 3.16. The topological polar surface area (TPSA) is 17.8 Å². The highest BCUT2D eigenvalue weighted by atomic mass is 32.1. The number of rotatable bonds is 4. The average Bonchev–Trinajstić information content (AvgIpc) is 3.00. The van der Waals surface area contributed by atoms with E-state index in [1.54, 1.807) is 17.4 Å². The Balaban J connectivity index is 1.90. The van der Waals surface area contributed by atoms with Gasteiger partial charge in [-0.25, -0.2) is 9.37 Å². The van der Waals surface area contributed by atoms with Crippen LogP contribution in [0.3, 0.4) is 0 Å². The normalized spacial score (nSPS) is 11.3. The lowest BCUT2D eigenvalue weighted by molar-refractivity contribution is 0.639. The van der Waals surface area contributed by atoms with Crippen LogP contribution in [0.25, 0.3) is 10.9 Å². The van der Waals surface area contributed by atoms with E-state index in [0.29, 0.717) is 11.9 Å². The Morgan fingerprint density at radius 2 is 2.21 bits per heavy atom. The predicted octanol–water partition coefficient (Wildman–Crippen LogP) is 4.24. The smallest absolute Gasteiger partial charge is 0.132 e. The van der Waals surface area contributed by atoms with E-state index in [9.17, 15) is 4.39 Å². The molecule has 0 bridgehead atoms. The maximum absolute atomic E-state index is 13.6. The molecule has 0 aliphatic carbocycles. The molecule has 0 atom stereocenters. The largest absolute Gasteiger partial charge is 0.341 e. The van der Waals surface area contributed by atoms with E-state index in [1.165, 1.54) is 11.1 Å². The van der Waals surface area contributed by atoms with Crippen LogP contribution in [0.1, 0.15) is 24.0 Å². The molecule has 0 aliphatic heterocycles. The predicted molar refractivity (Wildman–Crippen MR) is 77.1 cm³/mol. The van der Waals surface area contributed by atoms with Crippen molar-refractivity contribution in [1.29, 1.82) is 0 Å². The van der Waals surface area contributed by atoms with E-state index in [1.807, 2.05) is 22.9 Å². The number of halogens is 1. The van der Waals surface area contributed by atoms with Crippen LogP contribution in [0, 0.1) is 5.82 Å². The standard InChI is InChI=1S/C15H15FN2S/c1-2-4-15-17-11(10-19-15)9-18-8-7-12-13(16)5-3-6-14(12)18/h3,5-8,10H,2,4,9H2,1H3. The summed E-state index contributed by atoms with van der Waals surface area (Å²) < 4.78 is 15.7. The lowest BCUT2D eigenvalue weighted by atomic mass is 10.2. The minimum Gasteiger partial charge on any atom is -0.341 e. The third kappa shape index (κ3) is 2.40. The van der Waals surface area contributed by atoms with E-state index >= 15 is 0 Å². The molecule has 2 nitrogen and oxygen atoms in total. The van der Waals surface area contributed by atoms with Crippen LogP contribution in [-0.4, -0.2) is 9.55 Å². The Morgan fingerprint density at radius 3 is 3.05 bits per heavy atom. The van der Waals surface area contributed by atoms with Gasteiger partial charge >= 0.3 is 0 Å². The second-order valence-corrected chi connectivity index (χ2v) is 5.54. The molecule has 1 aromatic carbocycles. The Kier molecular flexibility index (Phi) is 3.34. The molecule has 0 radical (unpaired) electrons. The molecule has 4 heteroatoms. The van der Waals surface area contributed by atoms with Crippen molar-refractivity contribution in [3.05, 3.63) is 52.4 Å². The molecular formula is C15H15FN2S. The number of fused-ring (bicyclic) bond motifs is 1. The molecule has 0 saturated heterocycles. The van der Waals surface area contributed by atoms with Gasteiger partial charge in [0, 0.05) is 17.0 Å². The molecule has 0 spiro atoms. The van der Waals surface area contributed by atoms with Gasteiger partial charge in [0.1, 0.15) is 5.82 Å². The van der Waals surface area contributed by atoms with E-state index in [2.05, 4.69) is 17.3 Å². The summed E-state index contributed by atoms with van der Waals surface area (Å²) in [5.74, 6) is -0.166. The summed E-state index contributed by atoms with van der Waals surface area (Å²) in [5.41, 5.74) is 1.97. The maximum atomic E-state index is 13.6. The number of nitrogens with zero attached hydrogens (tertiary/aromatic N) is 2. The molecule has 0 saturated carbocycles. The molecule has 3 aromatic rings. The fourth-order valence-corrected chi connectivity index (χ4v) is 3.14. The van der Waals surface area contributed by atoms with Crippen molar-refractivity contribution in [2.24, 2.45) is 0 Å². The first-order valence-electron chi connectivity index (χ1n) is 6.44. The van der Waals surface area contributed by atoms with Crippen molar-refractivity contribution >= 4 is 22.2 Å². The highest BCUT2D eigenvalue weighted by Crippen LogP contribution is 2.21. The molecule has 0 unspecified atom stereocenters. The number of aromatic nitrogens is 2. The maximum Gasteiger partial charge on any atom is 0.132 e. The van der Waals surface area contributed by atoms with Crippen LogP contribution in [0.5, 0.6) is 0 Å². The van der Waals surface area contributed by atoms with Gasteiger partial charge in [-0.15, -0.1) is 11.3 Å². The first kappa shape index (κ1) is 12.4. The van der Waals surface area contributed by atoms with E-state index < -0.39 is 0 Å². The SMILES string of the molecule is CCCc1nc(Cn2ccc3c(F)cccc32)cs1. The molecule has 0 N–H and O–H groups in total. The second-order valence-electron chi connectivity index (χ2n) is 4.60. The Bertz CT molecular complexity index is 699. The van der Waals surface area contributed by atoms with Crippen molar-refractivity contribution in [1.82, 2.24) is 9.55 Å². The van der Waals surface area contributed by atoms with Gasteiger partial charge in [0.25, 0.3) is 0 Å². The first-order valence-corrected chi connectivity index (χ1v) is 7.32. The molecule has 98 valence electrons. The highest BCUT2D eigenvalue weighted by molar-refractivity contribution is 7.09. The average molecular weight is 274 g/mol. The lowest BCUT2D eigenvalue weighted by Crippen LogP contribution is -1.98. The van der Waals surface area contributed by atoms with Crippen LogP contribution in [0.4, 0.5) is 4.39 Å². The first-order chi connectivity index (χ1) is 9.28. The molecule has 2 aromatic heterocycles. The summed E-state index contributed by atoms with van der Waals surface area (Å²) >= 11 is 1.71. The van der Waals surface area contributed by atoms with Crippen LogP contribution in [0.15, 0.2) is 35.8 Å². The highest BCUT2D eigenvalue weighted by Gasteiger charge is 2.07. The summed E-state index contributed by atoms with van der Waals surface area (Å²) in [6, 6.07) is 7.01. The van der Waals surface area contributed by atoms with Crippen molar-refractivity contribution < 1.29 is 4.39 Å². The molecular weight excluding hydrogens is 259 g/mol. The molecule has 3 rings (SSSR count). The minimum atomic E-state index is -0.166. The summed E-state index contributed by atoms with van der Waals surface area (Å²) in [6.07, 6.45) is 4.07. The minimum absolute atomic E-state index is 0.166. The molecule has 0 amide bonds. The fourth-order valence-electron chi connectivity index (χ4n) is 2.25. The van der Waals surface area contributed by atoms with Crippen molar-refractivity contribution in [2.45, 2.75) is 26.3 Å². The Hall–Kier alpha value is -1.68. The summed E-state index contributed by atoms with van der Waals surface area (Å²) in [4.78, 5) is 4.61. The molecule has 19 heavy (non-hydrogen) atoms. The van der Waals surface area contributed by atoms with E-state index in [4.69, 9.17) is 0 Å². The van der Waals surface area contributed by atoms with Gasteiger partial charge in [-0.2, -0.15) is 0 Å². The monoisotopic (exact) mass is 274 g/mol. The zero-order chi connectivity index (χ0) is 13.2. The van der Waals surface area contributed by atoms with Crippen LogP contribution < -0.4 is 0 Å². The van der Waals surface area contributed by atoms with E-state index in [-0.39, 0.29) is 5.82 Å². The van der Waals surface area contributed by atoms with Gasteiger partial charge in [0.15, 0.2) is 0 Å². The van der Waals surface area contributed by atoms with Gasteiger partial charge in [0.2, 0.25) is 0 Å².